The first-order valence-electron chi connectivity index (χ1n) is 7.29. The van der Waals surface area contributed by atoms with Crippen molar-refractivity contribution in [1.29, 1.82) is 0 Å². The SMILES string of the molecule is CNC(=O)c1csc(-c2ccc(C)c(N(CC(=O)O)CC(=O)O)c2)n1. The summed E-state index contributed by atoms with van der Waals surface area (Å²) in [5, 5.41) is 22.8. The third kappa shape index (κ3) is 4.54. The summed E-state index contributed by atoms with van der Waals surface area (Å²) in [7, 11) is 1.51. The number of carboxylic acids is 2. The lowest BCUT2D eigenvalue weighted by Crippen LogP contribution is -2.34. The number of carbonyl (C=O) groups excluding carboxylic acids is 1. The Morgan fingerprint density at radius 2 is 1.84 bits per heavy atom. The van der Waals surface area contributed by atoms with Gasteiger partial charge in [-0.25, -0.2) is 4.98 Å². The average molecular weight is 363 g/mol. The zero-order valence-electron chi connectivity index (χ0n) is 13.6. The Morgan fingerprint density at radius 1 is 1.20 bits per heavy atom. The first-order valence-corrected chi connectivity index (χ1v) is 8.17. The molecule has 1 amide bonds. The van der Waals surface area contributed by atoms with Crippen LogP contribution in [0.5, 0.6) is 0 Å². The van der Waals surface area contributed by atoms with Crippen molar-refractivity contribution < 1.29 is 24.6 Å². The highest BCUT2D eigenvalue weighted by Gasteiger charge is 2.18. The largest absolute Gasteiger partial charge is 0.480 e. The van der Waals surface area contributed by atoms with E-state index in [-0.39, 0.29) is 11.6 Å². The van der Waals surface area contributed by atoms with Gasteiger partial charge in [-0.05, 0) is 18.6 Å². The summed E-state index contributed by atoms with van der Waals surface area (Å²) in [5.74, 6) is -2.54. The second-order valence-corrected chi connectivity index (χ2v) is 6.12. The van der Waals surface area contributed by atoms with Crippen LogP contribution in [0.2, 0.25) is 0 Å². The van der Waals surface area contributed by atoms with Gasteiger partial charge in [-0.2, -0.15) is 0 Å². The summed E-state index contributed by atoms with van der Waals surface area (Å²) in [6.07, 6.45) is 0. The number of anilines is 1. The minimum atomic E-state index is -1.12. The summed E-state index contributed by atoms with van der Waals surface area (Å²) in [6.45, 7) is 0.906. The van der Waals surface area contributed by atoms with Gasteiger partial charge in [0.15, 0.2) is 0 Å². The lowest BCUT2D eigenvalue weighted by molar-refractivity contribution is -0.136. The number of aryl methyl sites for hydroxylation is 1. The minimum Gasteiger partial charge on any atom is -0.480 e. The molecule has 132 valence electrons. The van der Waals surface area contributed by atoms with Gasteiger partial charge in [0.25, 0.3) is 5.91 Å². The number of aliphatic carboxylic acids is 2. The molecule has 0 aliphatic rings. The maximum Gasteiger partial charge on any atom is 0.323 e. The van der Waals surface area contributed by atoms with E-state index >= 15 is 0 Å². The molecule has 2 aromatic rings. The molecule has 1 heterocycles. The van der Waals surface area contributed by atoms with E-state index in [2.05, 4.69) is 10.3 Å². The number of carbonyl (C=O) groups is 3. The Kier molecular flexibility index (Phi) is 5.71. The molecule has 1 aromatic heterocycles. The fourth-order valence-electron chi connectivity index (χ4n) is 2.27. The van der Waals surface area contributed by atoms with Crippen molar-refractivity contribution in [2.24, 2.45) is 0 Å². The first-order chi connectivity index (χ1) is 11.8. The molecule has 0 aliphatic carbocycles. The molecule has 2 rings (SSSR count). The Hall–Kier alpha value is -2.94. The number of benzene rings is 1. The maximum atomic E-state index is 11.6. The number of nitrogens with zero attached hydrogens (tertiary/aromatic N) is 2. The van der Waals surface area contributed by atoms with Crippen LogP contribution in [0.3, 0.4) is 0 Å². The van der Waals surface area contributed by atoms with E-state index in [4.69, 9.17) is 10.2 Å². The molecule has 0 fully saturated rings. The van der Waals surface area contributed by atoms with E-state index in [0.29, 0.717) is 16.3 Å². The van der Waals surface area contributed by atoms with Crippen molar-refractivity contribution in [3.8, 4) is 10.6 Å². The summed E-state index contributed by atoms with van der Waals surface area (Å²) in [5.41, 5.74) is 2.22. The summed E-state index contributed by atoms with van der Waals surface area (Å²) < 4.78 is 0. The summed E-state index contributed by atoms with van der Waals surface area (Å²) >= 11 is 1.28. The third-order valence-corrected chi connectivity index (χ3v) is 4.30. The molecule has 0 radical (unpaired) electrons. The van der Waals surface area contributed by atoms with Crippen molar-refractivity contribution in [2.75, 3.05) is 25.0 Å². The van der Waals surface area contributed by atoms with E-state index in [1.54, 1.807) is 30.5 Å². The molecule has 0 bridgehead atoms. The molecule has 0 aliphatic heterocycles. The molecule has 8 nitrogen and oxygen atoms in total. The zero-order valence-corrected chi connectivity index (χ0v) is 14.5. The topological polar surface area (TPSA) is 120 Å². The van der Waals surface area contributed by atoms with Gasteiger partial charge in [-0.3, -0.25) is 14.4 Å². The van der Waals surface area contributed by atoms with Crippen LogP contribution >= 0.6 is 11.3 Å². The van der Waals surface area contributed by atoms with Crippen LogP contribution in [0.1, 0.15) is 16.1 Å². The van der Waals surface area contributed by atoms with Gasteiger partial charge in [0.2, 0.25) is 0 Å². The number of hydrogen-bond acceptors (Lipinski definition) is 6. The van der Waals surface area contributed by atoms with Gasteiger partial charge in [0.1, 0.15) is 23.8 Å². The van der Waals surface area contributed by atoms with Gasteiger partial charge in [-0.1, -0.05) is 12.1 Å². The number of aromatic nitrogens is 1. The van der Waals surface area contributed by atoms with E-state index in [0.717, 1.165) is 5.56 Å². The number of amides is 1. The molecule has 0 unspecified atom stereocenters. The number of carboxylic acid groups (broad SMARTS) is 2. The van der Waals surface area contributed by atoms with Crippen molar-refractivity contribution in [1.82, 2.24) is 10.3 Å². The van der Waals surface area contributed by atoms with Crippen molar-refractivity contribution >= 4 is 34.9 Å². The molecule has 3 N–H and O–H groups in total. The van der Waals surface area contributed by atoms with Crippen LogP contribution in [-0.4, -0.2) is 53.2 Å². The predicted molar refractivity (Wildman–Crippen MR) is 93.2 cm³/mol. The van der Waals surface area contributed by atoms with Crippen LogP contribution in [0.4, 0.5) is 5.69 Å². The second kappa shape index (κ2) is 7.75. The highest BCUT2D eigenvalue weighted by molar-refractivity contribution is 7.13. The Morgan fingerprint density at radius 3 is 2.40 bits per heavy atom. The normalized spacial score (nSPS) is 10.3. The fraction of sp³-hybridized carbons (Fsp3) is 0.250. The summed E-state index contributed by atoms with van der Waals surface area (Å²) in [4.78, 5) is 39.3. The number of hydrogen-bond donors (Lipinski definition) is 3. The third-order valence-electron chi connectivity index (χ3n) is 3.41. The molecular weight excluding hydrogens is 346 g/mol. The predicted octanol–water partition coefficient (Wildman–Crippen LogP) is 1.45. The standard InChI is InChI=1S/C16H17N3O5S/c1-9-3-4-10(16-18-11(8-25-16)15(24)17-2)5-12(9)19(6-13(20)21)7-14(22)23/h3-5,8H,6-7H2,1-2H3,(H,17,24)(H,20,21)(H,22,23). The van der Waals surface area contributed by atoms with Crippen LogP contribution in [0.25, 0.3) is 10.6 Å². The quantitative estimate of drug-likeness (QED) is 0.681. The number of rotatable bonds is 7. The highest BCUT2D eigenvalue weighted by Crippen LogP contribution is 2.30. The van der Waals surface area contributed by atoms with E-state index in [1.807, 2.05) is 0 Å². The highest BCUT2D eigenvalue weighted by atomic mass is 32.1. The van der Waals surface area contributed by atoms with Gasteiger partial charge in [-0.15, -0.1) is 11.3 Å². The van der Waals surface area contributed by atoms with Crippen LogP contribution < -0.4 is 10.2 Å². The molecule has 0 saturated carbocycles. The van der Waals surface area contributed by atoms with Gasteiger partial charge in [0.05, 0.1) is 0 Å². The lowest BCUT2D eigenvalue weighted by Gasteiger charge is -2.23. The van der Waals surface area contributed by atoms with Gasteiger partial charge in [0, 0.05) is 23.7 Å². The van der Waals surface area contributed by atoms with Crippen molar-refractivity contribution in [2.45, 2.75) is 6.92 Å². The first kappa shape index (κ1) is 18.4. The molecule has 0 atom stereocenters. The number of thiazole rings is 1. The second-order valence-electron chi connectivity index (χ2n) is 5.26. The van der Waals surface area contributed by atoms with Crippen LogP contribution in [0.15, 0.2) is 23.6 Å². The van der Waals surface area contributed by atoms with E-state index in [1.165, 1.54) is 23.3 Å². The van der Waals surface area contributed by atoms with Crippen LogP contribution in [0, 0.1) is 6.92 Å². The molecule has 0 saturated heterocycles. The van der Waals surface area contributed by atoms with Gasteiger partial charge < -0.3 is 20.4 Å². The smallest absolute Gasteiger partial charge is 0.323 e. The molecule has 25 heavy (non-hydrogen) atoms. The van der Waals surface area contributed by atoms with Crippen molar-refractivity contribution in [3.05, 3.63) is 34.8 Å². The zero-order chi connectivity index (χ0) is 18.6. The molecule has 0 spiro atoms. The monoisotopic (exact) mass is 363 g/mol. The number of nitrogens with one attached hydrogen (secondary N) is 1. The Balaban J connectivity index is 2.41. The average Bonchev–Trinajstić information content (AvgIpc) is 3.03. The van der Waals surface area contributed by atoms with Crippen molar-refractivity contribution in [3.63, 3.8) is 0 Å². The van der Waals surface area contributed by atoms with E-state index < -0.39 is 25.0 Å². The maximum absolute atomic E-state index is 11.6. The lowest BCUT2D eigenvalue weighted by atomic mass is 10.1. The molecular formula is C16H17N3O5S. The van der Waals surface area contributed by atoms with Gasteiger partial charge >= 0.3 is 11.9 Å². The molecule has 9 heteroatoms. The van der Waals surface area contributed by atoms with Crippen LogP contribution in [-0.2, 0) is 9.59 Å². The Labute approximate surface area is 147 Å². The summed E-state index contributed by atoms with van der Waals surface area (Å²) in [6, 6.07) is 5.25. The fourth-order valence-corrected chi connectivity index (χ4v) is 3.07. The van der Waals surface area contributed by atoms with E-state index in [9.17, 15) is 14.4 Å². The molecule has 1 aromatic carbocycles. The minimum absolute atomic E-state index is 0.289. The Bertz CT molecular complexity index is 802.